The van der Waals surface area contributed by atoms with Gasteiger partial charge in [-0.05, 0) is 56.1 Å². The molecule has 126 valence electrons. The van der Waals surface area contributed by atoms with E-state index in [2.05, 4.69) is 31.9 Å². The predicted octanol–water partition coefficient (Wildman–Crippen LogP) is 3.84. The highest BCUT2D eigenvalue weighted by atomic mass is 79.9. The molecule has 0 N–H and O–H groups in total. The minimum atomic E-state index is -0.801. The highest BCUT2D eigenvalue weighted by Crippen LogP contribution is 2.35. The number of carbonyl (C=O) groups is 2. The summed E-state index contributed by atoms with van der Waals surface area (Å²) in [6.45, 7) is 0. The average molecular weight is 461 g/mol. The summed E-state index contributed by atoms with van der Waals surface area (Å²) >= 11 is 6.35. The summed E-state index contributed by atoms with van der Waals surface area (Å²) in [6.07, 6.45) is 5.97. The molecule has 0 radical (unpaired) electrons. The summed E-state index contributed by atoms with van der Waals surface area (Å²) in [6, 6.07) is 3.08. The number of esters is 2. The van der Waals surface area contributed by atoms with Crippen LogP contribution in [-0.2, 0) is 19.1 Å². The van der Waals surface area contributed by atoms with Crippen LogP contribution in [0.5, 0.6) is 0 Å². The molecule has 0 aliphatic carbocycles. The first-order valence-corrected chi connectivity index (χ1v) is 8.19. The number of hydrogen-bond donors (Lipinski definition) is 0. The SMILES string of the molecule is COC(=O)C1=C(C(=O)OC)N(c2ccc(Br)c(Br)c2F)C=CC=C1. The second-order valence-corrected chi connectivity index (χ2v) is 6.16. The fraction of sp³-hybridized carbons (Fsp3) is 0.125. The Kier molecular flexibility index (Phi) is 5.95. The van der Waals surface area contributed by atoms with Gasteiger partial charge < -0.3 is 14.4 Å². The first kappa shape index (κ1) is 18.4. The minimum absolute atomic E-state index is 0.0483. The zero-order chi connectivity index (χ0) is 17.9. The maximum absolute atomic E-state index is 14.7. The molecule has 0 saturated heterocycles. The Balaban J connectivity index is 2.73. The molecule has 1 aliphatic heterocycles. The van der Waals surface area contributed by atoms with Crippen LogP contribution in [0.3, 0.4) is 0 Å². The summed E-state index contributed by atoms with van der Waals surface area (Å²) in [4.78, 5) is 25.5. The van der Waals surface area contributed by atoms with E-state index in [1.54, 1.807) is 18.2 Å². The maximum Gasteiger partial charge on any atom is 0.355 e. The maximum atomic E-state index is 14.7. The summed E-state index contributed by atoms with van der Waals surface area (Å²) in [5, 5.41) is 0. The Morgan fingerprint density at radius 3 is 2.38 bits per heavy atom. The summed E-state index contributed by atoms with van der Waals surface area (Å²) in [5.74, 6) is -2.15. The van der Waals surface area contributed by atoms with Gasteiger partial charge in [0.1, 0.15) is 5.70 Å². The van der Waals surface area contributed by atoms with Crippen molar-refractivity contribution in [3.8, 4) is 0 Å². The Hall–Kier alpha value is -1.93. The van der Waals surface area contributed by atoms with E-state index in [1.165, 1.54) is 37.5 Å². The Morgan fingerprint density at radius 2 is 1.75 bits per heavy atom. The van der Waals surface area contributed by atoms with Gasteiger partial charge in [0.2, 0.25) is 0 Å². The number of allylic oxidation sites excluding steroid dienone is 2. The normalized spacial score (nSPS) is 13.8. The highest BCUT2D eigenvalue weighted by Gasteiger charge is 2.29. The molecule has 1 aliphatic rings. The van der Waals surface area contributed by atoms with Crippen LogP contribution in [0.1, 0.15) is 0 Å². The van der Waals surface area contributed by atoms with Crippen LogP contribution in [-0.4, -0.2) is 26.2 Å². The molecule has 0 atom stereocenters. The molecule has 0 spiro atoms. The van der Waals surface area contributed by atoms with Gasteiger partial charge in [0.05, 0.1) is 30.0 Å². The average Bonchev–Trinajstić information content (AvgIpc) is 2.81. The summed E-state index contributed by atoms with van der Waals surface area (Å²) in [7, 11) is 2.37. The van der Waals surface area contributed by atoms with Gasteiger partial charge in [-0.2, -0.15) is 0 Å². The Labute approximate surface area is 154 Å². The first-order chi connectivity index (χ1) is 11.4. The van der Waals surface area contributed by atoms with Gasteiger partial charge in [-0.1, -0.05) is 6.08 Å². The van der Waals surface area contributed by atoms with Crippen LogP contribution in [0.25, 0.3) is 0 Å². The first-order valence-electron chi connectivity index (χ1n) is 6.60. The van der Waals surface area contributed by atoms with Gasteiger partial charge in [-0.25, -0.2) is 14.0 Å². The Morgan fingerprint density at radius 1 is 1.08 bits per heavy atom. The molecule has 8 heteroatoms. The number of anilines is 1. The number of benzene rings is 1. The molecular weight excluding hydrogens is 449 g/mol. The van der Waals surface area contributed by atoms with Crippen molar-refractivity contribution in [2.45, 2.75) is 0 Å². The topological polar surface area (TPSA) is 55.8 Å². The van der Waals surface area contributed by atoms with Crippen molar-refractivity contribution >= 4 is 49.5 Å². The lowest BCUT2D eigenvalue weighted by atomic mass is 10.1. The van der Waals surface area contributed by atoms with Gasteiger partial charge in [0.15, 0.2) is 5.82 Å². The fourth-order valence-corrected chi connectivity index (χ4v) is 2.69. The third kappa shape index (κ3) is 3.44. The molecular formula is C16H12Br2FNO4. The number of hydrogen-bond acceptors (Lipinski definition) is 5. The van der Waals surface area contributed by atoms with E-state index < -0.39 is 17.8 Å². The van der Waals surface area contributed by atoms with Crippen LogP contribution < -0.4 is 4.90 Å². The molecule has 0 unspecified atom stereocenters. The fourth-order valence-electron chi connectivity index (χ4n) is 2.05. The Bertz CT molecular complexity index is 787. The van der Waals surface area contributed by atoms with Crippen LogP contribution >= 0.6 is 31.9 Å². The van der Waals surface area contributed by atoms with Gasteiger partial charge >= 0.3 is 11.9 Å². The number of halogens is 3. The number of nitrogens with zero attached hydrogens (tertiary/aromatic N) is 1. The number of methoxy groups -OCH3 is 2. The third-order valence-electron chi connectivity index (χ3n) is 3.16. The van der Waals surface area contributed by atoms with Crippen molar-refractivity contribution in [3.05, 3.63) is 62.6 Å². The van der Waals surface area contributed by atoms with E-state index in [0.29, 0.717) is 4.47 Å². The molecule has 2 rings (SSSR count). The molecule has 24 heavy (non-hydrogen) atoms. The molecule has 0 aromatic heterocycles. The van der Waals surface area contributed by atoms with Gasteiger partial charge in [0.25, 0.3) is 0 Å². The molecule has 5 nitrogen and oxygen atoms in total. The molecule has 1 aromatic carbocycles. The van der Waals surface area contributed by atoms with Crippen molar-refractivity contribution in [2.24, 2.45) is 0 Å². The van der Waals surface area contributed by atoms with E-state index in [9.17, 15) is 14.0 Å². The molecule has 1 aromatic rings. The molecule has 0 saturated carbocycles. The van der Waals surface area contributed by atoms with Crippen LogP contribution in [0, 0.1) is 5.82 Å². The smallest absolute Gasteiger partial charge is 0.355 e. The minimum Gasteiger partial charge on any atom is -0.465 e. The zero-order valence-corrected chi connectivity index (χ0v) is 15.9. The van der Waals surface area contributed by atoms with Crippen molar-refractivity contribution in [3.63, 3.8) is 0 Å². The van der Waals surface area contributed by atoms with Crippen molar-refractivity contribution in [1.82, 2.24) is 0 Å². The monoisotopic (exact) mass is 459 g/mol. The van der Waals surface area contributed by atoms with E-state index in [-0.39, 0.29) is 21.4 Å². The van der Waals surface area contributed by atoms with Gasteiger partial charge in [0, 0.05) is 10.7 Å². The lowest BCUT2D eigenvalue weighted by Crippen LogP contribution is -2.27. The van der Waals surface area contributed by atoms with Crippen molar-refractivity contribution in [2.75, 3.05) is 19.1 Å². The van der Waals surface area contributed by atoms with Crippen LogP contribution in [0.4, 0.5) is 10.1 Å². The van der Waals surface area contributed by atoms with Crippen LogP contribution in [0.15, 0.2) is 56.8 Å². The molecule has 0 bridgehead atoms. The molecule has 1 heterocycles. The quantitative estimate of drug-likeness (QED) is 0.506. The number of rotatable bonds is 3. The summed E-state index contributed by atoms with van der Waals surface area (Å²) < 4.78 is 24.8. The van der Waals surface area contributed by atoms with Crippen LogP contribution in [0.2, 0.25) is 0 Å². The third-order valence-corrected chi connectivity index (χ3v) is 5.13. The summed E-state index contributed by atoms with van der Waals surface area (Å²) in [5.41, 5.74) is -0.137. The van der Waals surface area contributed by atoms with E-state index in [4.69, 9.17) is 9.47 Å². The lowest BCUT2D eigenvalue weighted by molar-refractivity contribution is -0.139. The molecule has 0 amide bonds. The van der Waals surface area contributed by atoms with E-state index in [0.717, 1.165) is 0 Å². The number of ether oxygens (including phenoxy) is 2. The van der Waals surface area contributed by atoms with Crippen molar-refractivity contribution in [1.29, 1.82) is 0 Å². The number of carbonyl (C=O) groups excluding carboxylic acids is 2. The van der Waals surface area contributed by atoms with Gasteiger partial charge in [-0.15, -0.1) is 0 Å². The highest BCUT2D eigenvalue weighted by molar-refractivity contribution is 9.13. The van der Waals surface area contributed by atoms with Crippen molar-refractivity contribution < 1.29 is 23.5 Å². The standard InChI is InChI=1S/C16H12Br2FNO4/c1-23-15(21)9-5-3-4-8-20(14(9)16(22)24-2)11-7-6-10(17)12(18)13(11)19/h3-8H,1-2H3. The second-order valence-electron chi connectivity index (χ2n) is 4.51. The zero-order valence-electron chi connectivity index (χ0n) is 12.7. The van der Waals surface area contributed by atoms with E-state index >= 15 is 0 Å². The lowest BCUT2D eigenvalue weighted by Gasteiger charge is -2.24. The van der Waals surface area contributed by atoms with Gasteiger partial charge in [-0.3, -0.25) is 0 Å². The molecule has 0 fully saturated rings. The van der Waals surface area contributed by atoms with E-state index in [1.807, 2.05) is 0 Å². The largest absolute Gasteiger partial charge is 0.465 e. The second kappa shape index (κ2) is 7.76. The predicted molar refractivity (Wildman–Crippen MR) is 93.6 cm³/mol.